The number of aldehydes is 1. The summed E-state index contributed by atoms with van der Waals surface area (Å²) in [7, 11) is 2.07. The van der Waals surface area contributed by atoms with Crippen molar-refractivity contribution in [1.82, 2.24) is 0 Å². The molecule has 413 valence electrons. The lowest BCUT2D eigenvalue weighted by atomic mass is 9.72. The van der Waals surface area contributed by atoms with Gasteiger partial charge in [0.2, 0.25) is 12.9 Å². The van der Waals surface area contributed by atoms with E-state index in [2.05, 4.69) is 20.8 Å². The van der Waals surface area contributed by atoms with Crippen LogP contribution in [0.1, 0.15) is 132 Å². The number of allylic oxidation sites excluding steroid dienone is 1. The number of alkyl halides is 1. The normalized spacial score (nSPS) is 26.9. The Bertz CT molecular complexity index is 2090. The van der Waals surface area contributed by atoms with E-state index >= 15 is 0 Å². The van der Waals surface area contributed by atoms with Gasteiger partial charge >= 0.3 is 29.8 Å². The lowest BCUT2D eigenvalue weighted by molar-refractivity contribution is -0.342. The Balaban J connectivity index is 1.63. The van der Waals surface area contributed by atoms with E-state index in [-0.39, 0.29) is 62.4 Å². The molecule has 0 amide bonds. The molecule has 1 N–H and O–H groups in total. The number of carbonyl (C=O) groups is 6. The molecule has 0 bridgehead atoms. The third kappa shape index (κ3) is 17.9. The minimum atomic E-state index is -2.40. The summed E-state index contributed by atoms with van der Waals surface area (Å²) in [5.74, 6) is -6.43. The number of ether oxygens (including phenoxy) is 9. The van der Waals surface area contributed by atoms with Gasteiger partial charge in [-0.05, 0) is 56.6 Å². The van der Waals surface area contributed by atoms with Gasteiger partial charge in [-0.2, -0.15) is 0 Å². The van der Waals surface area contributed by atoms with E-state index < -0.39 is 102 Å². The quantitative estimate of drug-likeness (QED) is 0.0160. The molecule has 3 unspecified atom stereocenters. The molecule has 1 aromatic carbocycles. The highest BCUT2D eigenvalue weighted by Crippen LogP contribution is 2.49. The summed E-state index contributed by atoms with van der Waals surface area (Å²) < 4.78 is 68.2. The maximum Gasteiger partial charge on any atom is 0.330 e. The standard InChI is InChI=1S/C54H79BClO17S/c1-11-45(58)70-50-38(25-46(59)64-10)24-40(72-54(50,63)52(8,9)21-15-22-57)26-43(36(5)65-32-37-16-13-12-14-17-37)68-47(60)28-41(73-74-55)29-48(61)69-44(51(6,7)33-66-49(62)31-56)27-39-20-23-67-53(71-39)30-35(4)18-19-42(53)34(2)3/h12-17,21-22,25,34-36,39-44,50,55,63H,11,18-20,23-24,26-33H2,1-10H3/b21-15+,38-25+/t35-,36-,39+,40?,41+,42+,43-,44+,50+,53?,54?/m1/s1/i55T. The molecule has 20 heteroatoms. The molecule has 2 aliphatic heterocycles. The number of halogens is 1. The number of aliphatic hydroxyl groups is 1. The predicted octanol–water partition coefficient (Wildman–Crippen LogP) is 7.91. The number of rotatable bonds is 28. The topological polar surface area (TPSA) is 215 Å². The van der Waals surface area contributed by atoms with Crippen molar-refractivity contribution in [2.75, 3.05) is 26.2 Å². The Kier molecular flexibility index (Phi) is 24.0. The maximum absolute atomic E-state index is 14.2. The minimum Gasteiger partial charge on any atom is -0.466 e. The van der Waals surface area contributed by atoms with Crippen LogP contribution in [0.3, 0.4) is 0 Å². The highest BCUT2D eigenvalue weighted by atomic mass is 35.5. The zero-order valence-electron chi connectivity index (χ0n) is 45.7. The van der Waals surface area contributed by atoms with E-state index in [1.807, 2.05) is 44.2 Å². The van der Waals surface area contributed by atoms with Crippen molar-refractivity contribution in [3.63, 3.8) is 0 Å². The smallest absolute Gasteiger partial charge is 0.330 e. The average molecular weight is 1080 g/mol. The van der Waals surface area contributed by atoms with Crippen LogP contribution in [0.2, 0.25) is 0 Å². The molecule has 4 rings (SSSR count). The third-order valence-corrected chi connectivity index (χ3v) is 14.8. The van der Waals surface area contributed by atoms with Gasteiger partial charge in [-0.15, -0.1) is 11.6 Å². The number of carbonyl (C=O) groups excluding carboxylic acids is 6. The summed E-state index contributed by atoms with van der Waals surface area (Å²) in [5.41, 5.74) is -1.42. The fraction of sp³-hybridized carbons (Fsp3) is 0.704. The molecule has 1 aliphatic carbocycles. The van der Waals surface area contributed by atoms with Crippen molar-refractivity contribution >= 4 is 66.7 Å². The number of hydrogen-bond acceptors (Lipinski definition) is 18. The van der Waals surface area contributed by atoms with Crippen molar-refractivity contribution in [2.45, 2.75) is 187 Å². The summed E-state index contributed by atoms with van der Waals surface area (Å²) in [6.45, 7) is 17.0. The van der Waals surface area contributed by atoms with E-state index in [0.29, 0.717) is 43.0 Å². The first-order chi connectivity index (χ1) is 35.4. The second kappa shape index (κ2) is 29.1. The van der Waals surface area contributed by atoms with E-state index in [1.165, 1.54) is 13.2 Å². The van der Waals surface area contributed by atoms with Gasteiger partial charge < -0.3 is 51.9 Å². The molecule has 1 spiro atoms. The summed E-state index contributed by atoms with van der Waals surface area (Å²) in [6, 6.07) is 9.28. The average Bonchev–Trinajstić information content (AvgIpc) is 3.36. The Morgan fingerprint density at radius 3 is 2.31 bits per heavy atom. The lowest BCUT2D eigenvalue weighted by Crippen LogP contribution is -2.62. The molecule has 3 fully saturated rings. The Morgan fingerprint density at radius 2 is 1.68 bits per heavy atom. The zero-order valence-corrected chi connectivity index (χ0v) is 46.3. The highest BCUT2D eigenvalue weighted by molar-refractivity contribution is 8.15. The van der Waals surface area contributed by atoms with Crippen molar-refractivity contribution < 1.29 is 80.7 Å². The highest BCUT2D eigenvalue weighted by Gasteiger charge is 2.58. The van der Waals surface area contributed by atoms with Gasteiger partial charge in [0.25, 0.3) is 0 Å². The molecular weight excluding hydrogens is 999 g/mol. The number of hydrogen-bond donors (Lipinski definition) is 1. The molecular formula is C54H79BClO17S. The van der Waals surface area contributed by atoms with Gasteiger partial charge in [-0.1, -0.05) is 110 Å². The van der Waals surface area contributed by atoms with E-state index in [1.54, 1.807) is 27.7 Å². The van der Waals surface area contributed by atoms with Crippen LogP contribution in [0.15, 0.2) is 54.1 Å². The molecule has 3 aliphatic rings. The summed E-state index contributed by atoms with van der Waals surface area (Å²) in [4.78, 5) is 77.9. The second-order valence-corrected chi connectivity index (χ2v) is 21.9. The number of esters is 5. The van der Waals surface area contributed by atoms with Gasteiger partial charge in [0.05, 0.1) is 64.2 Å². The zero-order chi connectivity index (χ0) is 55.6. The SMILES string of the molecule is [3H][B]SO[C@H](CC(=O)O[C@@H](C[C@@H]1CCOC2(C[C@H](C)CC[C@H]2C(C)C)O1)C(C)(C)COC(=O)CCl)CC(=O)O[C@H](CC1C/C(=C\C(=O)OC)[C@H](OC(=O)CC)C(O)(C(C)(C)/C=C/C=O)O1)[C@@H](C)OCc1ccccc1. The Hall–Kier alpha value is -3.82. The van der Waals surface area contributed by atoms with E-state index in [9.17, 15) is 33.9 Å². The molecule has 2 saturated heterocycles. The van der Waals surface area contributed by atoms with E-state index in [0.717, 1.165) is 44.1 Å². The van der Waals surface area contributed by atoms with Gasteiger partial charge in [0.1, 0.15) is 24.4 Å². The predicted molar refractivity (Wildman–Crippen MR) is 277 cm³/mol. The molecule has 1 saturated carbocycles. The van der Waals surface area contributed by atoms with Crippen LogP contribution < -0.4 is 0 Å². The molecule has 74 heavy (non-hydrogen) atoms. The Labute approximate surface area is 448 Å². The van der Waals surface area contributed by atoms with Crippen LogP contribution in [-0.4, -0.2) is 130 Å². The molecule has 2 heterocycles. The van der Waals surface area contributed by atoms with Gasteiger partial charge in [0.15, 0.2) is 11.9 Å². The van der Waals surface area contributed by atoms with Gasteiger partial charge in [0, 0.05) is 48.5 Å². The second-order valence-electron chi connectivity index (χ2n) is 21.2. The summed E-state index contributed by atoms with van der Waals surface area (Å²) in [6.07, 6.45) is -0.557. The number of methoxy groups -OCH3 is 1. The van der Waals surface area contributed by atoms with Crippen molar-refractivity contribution in [3.8, 4) is 0 Å². The summed E-state index contributed by atoms with van der Waals surface area (Å²) in [5, 5.41) is 12.6. The molecule has 17 nitrogen and oxygen atoms in total. The third-order valence-electron chi connectivity index (χ3n) is 14.2. The monoisotopic (exact) mass is 1080 g/mol. The van der Waals surface area contributed by atoms with Crippen LogP contribution in [-0.2, 0) is 82.2 Å². The van der Waals surface area contributed by atoms with Crippen LogP contribution in [0.5, 0.6) is 0 Å². The van der Waals surface area contributed by atoms with Crippen molar-refractivity contribution in [2.24, 2.45) is 28.6 Å². The first kappa shape index (κ1) is 61.0. The molecule has 1 radical (unpaired) electrons. The van der Waals surface area contributed by atoms with Crippen LogP contribution >= 0.6 is 23.5 Å². The van der Waals surface area contributed by atoms with Crippen molar-refractivity contribution in [3.05, 3.63) is 59.7 Å². The maximum atomic E-state index is 14.2. The van der Waals surface area contributed by atoms with Crippen LogP contribution in [0.4, 0.5) is 0 Å². The van der Waals surface area contributed by atoms with Gasteiger partial charge in [-0.25, -0.2) is 4.79 Å². The molecule has 11 atom stereocenters. The molecule has 1 aromatic rings. The van der Waals surface area contributed by atoms with E-state index in [4.69, 9.17) is 59.8 Å². The largest absolute Gasteiger partial charge is 0.466 e. The van der Waals surface area contributed by atoms with Crippen LogP contribution in [0, 0.1) is 28.6 Å². The minimum absolute atomic E-state index is 0.0733. The number of benzene rings is 1. The van der Waals surface area contributed by atoms with Gasteiger partial charge in [-0.3, -0.25) is 24.0 Å². The van der Waals surface area contributed by atoms with Crippen molar-refractivity contribution in [1.29, 1.82) is 1.34 Å². The van der Waals surface area contributed by atoms with Crippen LogP contribution in [0.25, 0.3) is 0 Å². The fourth-order valence-corrected chi connectivity index (χ4v) is 10.2. The fourth-order valence-electron chi connectivity index (χ4n) is 9.87. The first-order valence-corrected chi connectivity index (χ1v) is 26.9. The summed E-state index contributed by atoms with van der Waals surface area (Å²) >= 11 is 6.38. The Morgan fingerprint density at radius 1 is 0.973 bits per heavy atom. The lowest BCUT2D eigenvalue weighted by Gasteiger charge is -2.52. The first-order valence-electron chi connectivity index (χ1n) is 26.1. The molecule has 0 aromatic heterocycles.